The molecule has 1 aromatic carbocycles. The van der Waals surface area contributed by atoms with E-state index in [0.717, 1.165) is 59.5 Å². The molecular formula is C26H38FN3O. The Bertz CT molecular complexity index is 1000. The van der Waals surface area contributed by atoms with Gasteiger partial charge in [0.2, 0.25) is 0 Å². The molecule has 0 fully saturated rings. The highest BCUT2D eigenvalue weighted by atomic mass is 19.1. The number of aliphatic imine (C=N–C) groups is 1. The monoisotopic (exact) mass is 427 g/mol. The van der Waals surface area contributed by atoms with Crippen LogP contribution in [0.25, 0.3) is 11.9 Å². The Hall–Kier alpha value is -2.56. The van der Waals surface area contributed by atoms with Crippen molar-refractivity contribution in [2.75, 3.05) is 6.61 Å². The Morgan fingerprint density at radius 3 is 2.52 bits per heavy atom. The van der Waals surface area contributed by atoms with Gasteiger partial charge in [-0.1, -0.05) is 58.7 Å². The molecule has 0 atom stereocenters. The first kappa shape index (κ1) is 24.7. The molecule has 2 rings (SSSR count). The van der Waals surface area contributed by atoms with E-state index in [2.05, 4.69) is 42.5 Å². The van der Waals surface area contributed by atoms with Gasteiger partial charge in [0.1, 0.15) is 11.6 Å². The van der Waals surface area contributed by atoms with Gasteiger partial charge in [-0.2, -0.15) is 0 Å². The van der Waals surface area contributed by atoms with E-state index >= 15 is 0 Å². The van der Waals surface area contributed by atoms with E-state index in [9.17, 15) is 4.39 Å². The maximum atomic E-state index is 14.4. The zero-order valence-electron chi connectivity index (χ0n) is 19.8. The Balaban J connectivity index is 2.55. The number of hydrogen-bond acceptors (Lipinski definition) is 3. The zero-order valence-corrected chi connectivity index (χ0v) is 19.8. The second-order valence-corrected chi connectivity index (χ2v) is 7.86. The lowest BCUT2D eigenvalue weighted by molar-refractivity contribution is 0.294. The summed E-state index contributed by atoms with van der Waals surface area (Å²) in [5.41, 5.74) is 9.26. The van der Waals surface area contributed by atoms with Crippen molar-refractivity contribution in [1.82, 2.24) is 4.57 Å². The summed E-state index contributed by atoms with van der Waals surface area (Å²) in [4.78, 5) is 4.52. The molecule has 0 bridgehead atoms. The predicted molar refractivity (Wildman–Crippen MR) is 129 cm³/mol. The van der Waals surface area contributed by atoms with Gasteiger partial charge >= 0.3 is 0 Å². The van der Waals surface area contributed by atoms with Gasteiger partial charge < -0.3 is 15.0 Å². The summed E-state index contributed by atoms with van der Waals surface area (Å²) in [5.74, 6) is 0.896. The highest BCUT2D eigenvalue weighted by Crippen LogP contribution is 2.13. The zero-order chi connectivity index (χ0) is 22.8. The minimum atomic E-state index is -0.139. The quantitative estimate of drug-likeness (QED) is 0.341. The highest BCUT2D eigenvalue weighted by molar-refractivity contribution is 5.77. The lowest BCUT2D eigenvalue weighted by Gasteiger charge is -2.11. The molecule has 0 aliphatic rings. The van der Waals surface area contributed by atoms with Crippen molar-refractivity contribution in [2.45, 2.75) is 79.7 Å². The number of hydrogen-bond donors (Lipinski definition) is 1. The Labute approximate surface area is 186 Å². The van der Waals surface area contributed by atoms with Crippen molar-refractivity contribution in [3.05, 3.63) is 57.5 Å². The number of aromatic nitrogens is 1. The van der Waals surface area contributed by atoms with Crippen LogP contribution >= 0.6 is 0 Å². The number of benzene rings is 1. The fourth-order valence-electron chi connectivity index (χ4n) is 3.59. The molecular weight excluding hydrogens is 389 g/mol. The van der Waals surface area contributed by atoms with Gasteiger partial charge in [-0.05, 0) is 48.9 Å². The summed E-state index contributed by atoms with van der Waals surface area (Å²) >= 11 is 0. The van der Waals surface area contributed by atoms with Gasteiger partial charge in [-0.25, -0.2) is 9.38 Å². The standard InChI is InChI=1S/C26H38FN3O/c1-6-10-12-25-23(26(28)29-19(5)31-15-11-7-2)17-22(9-4)30(25)18-20-13-14-21(8-3)24(27)16-20/h12-14,16-17H,6-11,15,18,28H2,1-5H3/b25-12-,26-23-,29-19?. The van der Waals surface area contributed by atoms with Crippen molar-refractivity contribution in [3.8, 4) is 0 Å². The predicted octanol–water partition coefficient (Wildman–Crippen LogP) is 4.64. The van der Waals surface area contributed by atoms with Crippen LogP contribution in [0, 0.1) is 5.82 Å². The van der Waals surface area contributed by atoms with Crippen molar-refractivity contribution >= 4 is 17.8 Å². The first-order chi connectivity index (χ1) is 14.9. The maximum Gasteiger partial charge on any atom is 0.186 e. The van der Waals surface area contributed by atoms with Crippen LogP contribution in [-0.4, -0.2) is 17.1 Å². The van der Waals surface area contributed by atoms with Gasteiger partial charge in [-0.15, -0.1) is 0 Å². The summed E-state index contributed by atoms with van der Waals surface area (Å²) < 4.78 is 22.3. The normalized spacial score (nSPS) is 13.6. The first-order valence-electron chi connectivity index (χ1n) is 11.6. The molecule has 1 aromatic heterocycles. The van der Waals surface area contributed by atoms with E-state index in [-0.39, 0.29) is 5.82 Å². The van der Waals surface area contributed by atoms with Crippen LogP contribution in [0.5, 0.6) is 0 Å². The van der Waals surface area contributed by atoms with E-state index in [0.29, 0.717) is 31.3 Å². The minimum absolute atomic E-state index is 0.139. The molecule has 0 radical (unpaired) electrons. The van der Waals surface area contributed by atoms with Crippen LogP contribution in [0.4, 0.5) is 4.39 Å². The molecule has 4 nitrogen and oxygen atoms in total. The Morgan fingerprint density at radius 1 is 1.13 bits per heavy atom. The molecule has 31 heavy (non-hydrogen) atoms. The van der Waals surface area contributed by atoms with Crippen molar-refractivity contribution < 1.29 is 9.13 Å². The molecule has 5 heteroatoms. The number of halogens is 1. The lowest BCUT2D eigenvalue weighted by Crippen LogP contribution is -2.33. The molecule has 170 valence electrons. The number of unbranched alkanes of at least 4 members (excludes halogenated alkanes) is 2. The summed E-state index contributed by atoms with van der Waals surface area (Å²) in [5, 5.41) is 1.95. The molecule has 0 aliphatic carbocycles. The smallest absolute Gasteiger partial charge is 0.186 e. The maximum absolute atomic E-state index is 14.4. The van der Waals surface area contributed by atoms with E-state index in [1.807, 2.05) is 26.0 Å². The SMILES string of the molecule is CCC/C=c1/c(=C(/N)N=C(C)OCCCC)cc(CC)n1Cc1ccc(CC)c(F)c1. The first-order valence-corrected chi connectivity index (χ1v) is 11.6. The Kier molecular flexibility index (Phi) is 9.83. The third-order valence-electron chi connectivity index (χ3n) is 5.41. The van der Waals surface area contributed by atoms with Crippen molar-refractivity contribution in [1.29, 1.82) is 0 Å². The number of nitrogens with two attached hydrogens (primary N) is 1. The molecule has 0 unspecified atom stereocenters. The van der Waals surface area contributed by atoms with Gasteiger partial charge in [0.25, 0.3) is 0 Å². The van der Waals surface area contributed by atoms with Crippen LogP contribution in [-0.2, 0) is 24.1 Å². The average Bonchev–Trinajstić information content (AvgIpc) is 3.09. The lowest BCUT2D eigenvalue weighted by atomic mass is 10.1. The Morgan fingerprint density at radius 2 is 1.90 bits per heavy atom. The average molecular weight is 428 g/mol. The van der Waals surface area contributed by atoms with Crippen molar-refractivity contribution in [2.24, 2.45) is 10.7 Å². The number of ether oxygens (including phenoxy) is 1. The van der Waals surface area contributed by atoms with Gasteiger partial charge in [0, 0.05) is 29.7 Å². The fourth-order valence-corrected chi connectivity index (χ4v) is 3.59. The third-order valence-corrected chi connectivity index (χ3v) is 5.41. The number of nitrogens with zero attached hydrogens (tertiary/aromatic N) is 2. The van der Waals surface area contributed by atoms with Crippen LogP contribution in [0.3, 0.4) is 0 Å². The second kappa shape index (κ2) is 12.3. The van der Waals surface area contributed by atoms with E-state index in [1.165, 1.54) is 0 Å². The molecule has 2 aromatic rings. The fraction of sp³-hybridized carbons (Fsp3) is 0.500. The van der Waals surface area contributed by atoms with E-state index in [4.69, 9.17) is 10.5 Å². The number of rotatable bonds is 10. The summed E-state index contributed by atoms with van der Waals surface area (Å²) in [6.07, 6.45) is 7.79. The summed E-state index contributed by atoms with van der Waals surface area (Å²) in [6, 6.07) is 7.66. The summed E-state index contributed by atoms with van der Waals surface area (Å²) in [6.45, 7) is 11.5. The minimum Gasteiger partial charge on any atom is -0.481 e. The molecule has 0 spiro atoms. The van der Waals surface area contributed by atoms with Gasteiger partial charge in [0.05, 0.1) is 6.61 Å². The topological polar surface area (TPSA) is 52.5 Å². The molecule has 2 N–H and O–H groups in total. The molecule has 1 heterocycles. The van der Waals surface area contributed by atoms with Crippen LogP contribution < -0.4 is 16.3 Å². The van der Waals surface area contributed by atoms with Gasteiger partial charge in [-0.3, -0.25) is 0 Å². The molecule has 0 saturated carbocycles. The van der Waals surface area contributed by atoms with E-state index in [1.54, 1.807) is 6.07 Å². The van der Waals surface area contributed by atoms with Crippen LogP contribution in [0.2, 0.25) is 0 Å². The van der Waals surface area contributed by atoms with E-state index < -0.39 is 0 Å². The largest absolute Gasteiger partial charge is 0.481 e. The third kappa shape index (κ3) is 6.71. The van der Waals surface area contributed by atoms with Gasteiger partial charge in [0.15, 0.2) is 5.90 Å². The summed E-state index contributed by atoms with van der Waals surface area (Å²) in [7, 11) is 0. The van der Waals surface area contributed by atoms with Crippen LogP contribution in [0.15, 0.2) is 29.3 Å². The highest BCUT2D eigenvalue weighted by Gasteiger charge is 2.10. The molecule has 0 amide bonds. The molecule has 0 aliphatic heterocycles. The van der Waals surface area contributed by atoms with Crippen molar-refractivity contribution in [3.63, 3.8) is 0 Å². The van der Waals surface area contributed by atoms with Crippen LogP contribution in [0.1, 0.15) is 77.1 Å². The molecule has 0 saturated heterocycles. The number of aryl methyl sites for hydroxylation is 2. The second-order valence-electron chi connectivity index (χ2n) is 7.86.